The van der Waals surface area contributed by atoms with E-state index in [1.54, 1.807) is 12.1 Å². The highest BCUT2D eigenvalue weighted by Crippen LogP contribution is 2.21. The Morgan fingerprint density at radius 2 is 1.64 bits per heavy atom. The summed E-state index contributed by atoms with van der Waals surface area (Å²) in [7, 11) is 1.34. The summed E-state index contributed by atoms with van der Waals surface area (Å²) in [5, 5.41) is 2.71. The lowest BCUT2D eigenvalue weighted by Crippen LogP contribution is -2.48. The van der Waals surface area contributed by atoms with Gasteiger partial charge in [-0.1, -0.05) is 27.7 Å². The molecule has 0 aliphatic rings. The van der Waals surface area contributed by atoms with Gasteiger partial charge in [-0.25, -0.2) is 4.79 Å². The monoisotopic (exact) mass is 348 g/mol. The van der Waals surface area contributed by atoms with Crippen LogP contribution in [0.3, 0.4) is 0 Å². The van der Waals surface area contributed by atoms with E-state index in [1.165, 1.54) is 7.11 Å². The van der Waals surface area contributed by atoms with E-state index in [1.807, 2.05) is 27.7 Å². The molecule has 0 spiro atoms. The molecule has 25 heavy (non-hydrogen) atoms. The van der Waals surface area contributed by atoms with Crippen molar-refractivity contribution in [1.82, 2.24) is 5.32 Å². The summed E-state index contributed by atoms with van der Waals surface area (Å²) in [6, 6.07) is 2.83. The Morgan fingerprint density at radius 3 is 2.00 bits per heavy atom. The van der Waals surface area contributed by atoms with Crippen molar-refractivity contribution in [3.05, 3.63) is 34.4 Å². The normalized spacial score (nSPS) is 11.9. The van der Waals surface area contributed by atoms with E-state index in [9.17, 15) is 14.4 Å². The van der Waals surface area contributed by atoms with Gasteiger partial charge < -0.3 is 15.8 Å². The van der Waals surface area contributed by atoms with Crippen molar-refractivity contribution in [2.75, 3.05) is 7.11 Å². The standard InChI is InChI=1S/C19H28N2O4/c1-6-12-8-14(19(24)25-5)9-13(7-2)15(12)10-16(22)21-17(11(3)4)18(20)23/h8-9,11,17H,6-7,10H2,1-5H3,(H2,20,23)(H,21,22)/t17-/m1/s1. The van der Waals surface area contributed by atoms with Crippen molar-refractivity contribution in [3.63, 3.8) is 0 Å². The maximum absolute atomic E-state index is 12.4. The minimum absolute atomic E-state index is 0.0839. The van der Waals surface area contributed by atoms with Crippen molar-refractivity contribution < 1.29 is 19.1 Å². The van der Waals surface area contributed by atoms with E-state index >= 15 is 0 Å². The van der Waals surface area contributed by atoms with Crippen LogP contribution in [-0.2, 0) is 33.6 Å². The number of amides is 2. The van der Waals surface area contributed by atoms with Crippen LogP contribution in [0.2, 0.25) is 0 Å². The lowest BCUT2D eigenvalue weighted by atomic mass is 9.92. The van der Waals surface area contributed by atoms with Gasteiger partial charge in [0.25, 0.3) is 0 Å². The summed E-state index contributed by atoms with van der Waals surface area (Å²) < 4.78 is 4.79. The van der Waals surface area contributed by atoms with E-state index in [0.717, 1.165) is 16.7 Å². The highest BCUT2D eigenvalue weighted by molar-refractivity contribution is 5.91. The van der Waals surface area contributed by atoms with E-state index < -0.39 is 17.9 Å². The Bertz CT molecular complexity index is 628. The van der Waals surface area contributed by atoms with Crippen molar-refractivity contribution in [2.45, 2.75) is 53.0 Å². The smallest absolute Gasteiger partial charge is 0.337 e. The summed E-state index contributed by atoms with van der Waals surface area (Å²) in [6.45, 7) is 7.60. The van der Waals surface area contributed by atoms with Crippen LogP contribution in [0.5, 0.6) is 0 Å². The fraction of sp³-hybridized carbons (Fsp3) is 0.526. The zero-order valence-electron chi connectivity index (χ0n) is 15.6. The fourth-order valence-electron chi connectivity index (χ4n) is 2.84. The number of ether oxygens (including phenoxy) is 1. The lowest BCUT2D eigenvalue weighted by molar-refractivity contribution is -0.128. The Kier molecular flexibility index (Phi) is 7.61. The SMILES string of the molecule is CCc1cc(C(=O)OC)cc(CC)c1CC(=O)N[C@@H](C(N)=O)C(C)C. The van der Waals surface area contributed by atoms with Gasteiger partial charge in [-0.15, -0.1) is 0 Å². The molecule has 0 saturated heterocycles. The molecular weight excluding hydrogens is 320 g/mol. The van der Waals surface area contributed by atoms with Crippen LogP contribution < -0.4 is 11.1 Å². The molecule has 1 aromatic carbocycles. The third-order valence-corrected chi connectivity index (χ3v) is 4.24. The number of primary amides is 1. The van der Waals surface area contributed by atoms with Gasteiger partial charge >= 0.3 is 5.97 Å². The second-order valence-corrected chi connectivity index (χ2v) is 6.34. The lowest BCUT2D eigenvalue weighted by Gasteiger charge is -2.20. The maximum atomic E-state index is 12.4. The summed E-state index contributed by atoms with van der Waals surface area (Å²) in [6.07, 6.45) is 1.51. The van der Waals surface area contributed by atoms with Crippen molar-refractivity contribution in [2.24, 2.45) is 11.7 Å². The molecule has 0 unspecified atom stereocenters. The number of nitrogens with one attached hydrogen (secondary N) is 1. The Balaban J connectivity index is 3.13. The predicted octanol–water partition coefficient (Wildman–Crippen LogP) is 1.77. The van der Waals surface area contributed by atoms with Gasteiger partial charge in [0.05, 0.1) is 19.1 Å². The maximum Gasteiger partial charge on any atom is 0.337 e. The van der Waals surface area contributed by atoms with Crippen molar-refractivity contribution in [3.8, 4) is 0 Å². The first-order valence-corrected chi connectivity index (χ1v) is 8.56. The average molecular weight is 348 g/mol. The molecule has 0 radical (unpaired) electrons. The molecule has 0 aromatic heterocycles. The Morgan fingerprint density at radius 1 is 1.12 bits per heavy atom. The van der Waals surface area contributed by atoms with Crippen molar-refractivity contribution in [1.29, 1.82) is 0 Å². The summed E-state index contributed by atoms with van der Waals surface area (Å²) in [5.41, 5.74) is 8.58. The number of hydrogen-bond acceptors (Lipinski definition) is 4. The summed E-state index contributed by atoms with van der Waals surface area (Å²) in [4.78, 5) is 35.7. The minimum atomic E-state index is -0.697. The third kappa shape index (κ3) is 5.31. The van der Waals surface area contributed by atoms with Crippen LogP contribution in [0.1, 0.15) is 54.7 Å². The van der Waals surface area contributed by atoms with Crippen LogP contribution in [0, 0.1) is 5.92 Å². The molecule has 6 nitrogen and oxygen atoms in total. The zero-order valence-corrected chi connectivity index (χ0v) is 15.6. The molecule has 0 saturated carbocycles. The highest BCUT2D eigenvalue weighted by Gasteiger charge is 2.23. The van der Waals surface area contributed by atoms with Gasteiger partial charge in [0.1, 0.15) is 6.04 Å². The molecule has 1 atom stereocenters. The number of nitrogens with two attached hydrogens (primary N) is 1. The topological polar surface area (TPSA) is 98.5 Å². The second-order valence-electron chi connectivity index (χ2n) is 6.34. The second kappa shape index (κ2) is 9.20. The minimum Gasteiger partial charge on any atom is -0.465 e. The molecule has 0 bridgehead atoms. The third-order valence-electron chi connectivity index (χ3n) is 4.24. The molecule has 1 rings (SSSR count). The number of methoxy groups -OCH3 is 1. The zero-order chi connectivity index (χ0) is 19.1. The first kappa shape index (κ1) is 20.7. The molecule has 3 N–H and O–H groups in total. The van der Waals surface area contributed by atoms with Gasteiger partial charge in [-0.2, -0.15) is 0 Å². The van der Waals surface area contributed by atoms with Gasteiger partial charge in [0.2, 0.25) is 11.8 Å². The van der Waals surface area contributed by atoms with Crippen LogP contribution >= 0.6 is 0 Å². The van der Waals surface area contributed by atoms with Crippen LogP contribution in [-0.4, -0.2) is 30.9 Å². The van der Waals surface area contributed by atoms with E-state index in [0.29, 0.717) is 18.4 Å². The van der Waals surface area contributed by atoms with Gasteiger partial charge in [-0.3, -0.25) is 9.59 Å². The fourth-order valence-corrected chi connectivity index (χ4v) is 2.84. The Hall–Kier alpha value is -2.37. The molecule has 2 amide bonds. The largest absolute Gasteiger partial charge is 0.465 e. The first-order chi connectivity index (χ1) is 11.7. The van der Waals surface area contributed by atoms with Gasteiger partial charge in [0.15, 0.2) is 0 Å². The molecule has 0 fully saturated rings. The number of hydrogen-bond donors (Lipinski definition) is 2. The predicted molar refractivity (Wildman–Crippen MR) is 96.2 cm³/mol. The Labute approximate surface area is 149 Å². The first-order valence-electron chi connectivity index (χ1n) is 8.56. The summed E-state index contributed by atoms with van der Waals surface area (Å²) in [5.74, 6) is -1.28. The van der Waals surface area contributed by atoms with Crippen LogP contribution in [0.15, 0.2) is 12.1 Å². The molecule has 0 aliphatic carbocycles. The number of carbonyl (C=O) groups excluding carboxylic acids is 3. The van der Waals surface area contributed by atoms with E-state index in [-0.39, 0.29) is 18.2 Å². The number of aryl methyl sites for hydroxylation is 2. The molecule has 138 valence electrons. The molecule has 0 heterocycles. The number of benzene rings is 1. The highest BCUT2D eigenvalue weighted by atomic mass is 16.5. The number of esters is 1. The van der Waals surface area contributed by atoms with E-state index in [2.05, 4.69) is 5.32 Å². The van der Waals surface area contributed by atoms with E-state index in [4.69, 9.17) is 10.5 Å². The van der Waals surface area contributed by atoms with Gasteiger partial charge in [-0.05, 0) is 47.6 Å². The summed E-state index contributed by atoms with van der Waals surface area (Å²) >= 11 is 0. The molecule has 0 aliphatic heterocycles. The van der Waals surface area contributed by atoms with Crippen LogP contribution in [0.4, 0.5) is 0 Å². The van der Waals surface area contributed by atoms with Gasteiger partial charge in [0, 0.05) is 0 Å². The quantitative estimate of drug-likeness (QED) is 0.699. The van der Waals surface area contributed by atoms with Crippen molar-refractivity contribution >= 4 is 17.8 Å². The molecular formula is C19H28N2O4. The number of rotatable bonds is 8. The average Bonchev–Trinajstić information content (AvgIpc) is 2.58. The number of carbonyl (C=O) groups is 3. The van der Waals surface area contributed by atoms with Crippen LogP contribution in [0.25, 0.3) is 0 Å². The molecule has 6 heteroatoms. The molecule has 1 aromatic rings.